The van der Waals surface area contributed by atoms with Crippen molar-refractivity contribution >= 4 is 17.8 Å². The van der Waals surface area contributed by atoms with Crippen LogP contribution in [0.2, 0.25) is 0 Å². The fraction of sp³-hybridized carbons (Fsp3) is 0.400. The molecule has 0 bridgehead atoms. The second-order valence-electron chi connectivity index (χ2n) is 12.1. The van der Waals surface area contributed by atoms with Gasteiger partial charge in [-0.3, -0.25) is 19.3 Å². The highest BCUT2D eigenvalue weighted by molar-refractivity contribution is 6.21. The van der Waals surface area contributed by atoms with E-state index in [1.165, 1.54) is 4.90 Å². The molecule has 1 heterocycles. The van der Waals surface area contributed by atoms with Crippen molar-refractivity contribution in [2.45, 2.75) is 58.5 Å². The molecule has 7 nitrogen and oxygen atoms in total. The number of hydrogen-bond donors (Lipinski definition) is 0. The standard InChI is InChI=1S/C35H42N2O5/c1-35(2,3)42-32(38)17-15-26-22-25(14-16-28-10-6-9-13-31(28)41-21-20-36(4)5)23-27(24-26)18-19-37-33(39)29-11-7-8-12-30(29)34(37)40/h6-13,22-24H,14-21H2,1-5H3. The summed E-state index contributed by atoms with van der Waals surface area (Å²) >= 11 is 0. The largest absolute Gasteiger partial charge is 0.492 e. The molecule has 0 N–H and O–H groups in total. The van der Waals surface area contributed by atoms with E-state index in [2.05, 4.69) is 29.2 Å². The number of rotatable bonds is 13. The first kappa shape index (κ1) is 31.0. The van der Waals surface area contributed by atoms with Crippen LogP contribution in [0.3, 0.4) is 0 Å². The number of hydrogen-bond acceptors (Lipinski definition) is 6. The van der Waals surface area contributed by atoms with Gasteiger partial charge in [0.2, 0.25) is 0 Å². The average Bonchev–Trinajstić information content (AvgIpc) is 3.18. The lowest BCUT2D eigenvalue weighted by Crippen LogP contribution is -2.31. The number of likely N-dealkylation sites (N-methyl/N-ethyl adjacent to an activating group) is 1. The minimum atomic E-state index is -0.529. The van der Waals surface area contributed by atoms with Crippen molar-refractivity contribution in [2.24, 2.45) is 0 Å². The Morgan fingerprint density at radius 2 is 1.36 bits per heavy atom. The summed E-state index contributed by atoms with van der Waals surface area (Å²) in [5.74, 6) is 0.168. The average molecular weight is 571 g/mol. The third kappa shape index (κ3) is 8.52. The van der Waals surface area contributed by atoms with Crippen LogP contribution in [0, 0.1) is 0 Å². The molecule has 0 aliphatic carbocycles. The molecule has 0 saturated carbocycles. The number of carbonyl (C=O) groups is 3. The number of carbonyl (C=O) groups excluding carboxylic acids is 3. The first-order valence-corrected chi connectivity index (χ1v) is 14.6. The quantitative estimate of drug-likeness (QED) is 0.199. The molecule has 0 fully saturated rings. The lowest BCUT2D eigenvalue weighted by atomic mass is 9.96. The molecule has 1 aliphatic rings. The van der Waals surface area contributed by atoms with Gasteiger partial charge in [-0.1, -0.05) is 48.5 Å². The summed E-state index contributed by atoms with van der Waals surface area (Å²) in [6.07, 6.45) is 2.94. The van der Waals surface area contributed by atoms with Crippen LogP contribution in [-0.4, -0.2) is 67.0 Å². The van der Waals surface area contributed by atoms with Gasteiger partial charge in [0.15, 0.2) is 0 Å². The lowest BCUT2D eigenvalue weighted by molar-refractivity contribution is -0.154. The molecular weight excluding hydrogens is 528 g/mol. The molecule has 3 aromatic carbocycles. The van der Waals surface area contributed by atoms with Crippen LogP contribution < -0.4 is 4.74 Å². The summed E-state index contributed by atoms with van der Waals surface area (Å²) in [5.41, 5.74) is 4.73. The summed E-state index contributed by atoms with van der Waals surface area (Å²) in [6.45, 7) is 7.35. The maximum Gasteiger partial charge on any atom is 0.306 e. The Kier molecular flexibility index (Phi) is 10.2. The molecular formula is C35H42N2O5. The summed E-state index contributed by atoms with van der Waals surface area (Å²) in [6, 6.07) is 21.4. The zero-order valence-electron chi connectivity index (χ0n) is 25.4. The summed E-state index contributed by atoms with van der Waals surface area (Å²) in [7, 11) is 4.05. The number of benzene rings is 3. The number of para-hydroxylation sites is 1. The molecule has 0 spiro atoms. The zero-order chi connectivity index (χ0) is 30.3. The molecule has 222 valence electrons. The number of esters is 1. The van der Waals surface area contributed by atoms with Crippen LogP contribution >= 0.6 is 0 Å². The fourth-order valence-electron chi connectivity index (χ4n) is 5.06. The van der Waals surface area contributed by atoms with Crippen molar-refractivity contribution in [1.29, 1.82) is 0 Å². The number of amides is 2. The smallest absolute Gasteiger partial charge is 0.306 e. The van der Waals surface area contributed by atoms with Crippen LogP contribution in [0.4, 0.5) is 0 Å². The van der Waals surface area contributed by atoms with Gasteiger partial charge in [-0.05, 0) is 101 Å². The van der Waals surface area contributed by atoms with Crippen molar-refractivity contribution in [1.82, 2.24) is 9.80 Å². The summed E-state index contributed by atoms with van der Waals surface area (Å²) < 4.78 is 11.6. The minimum absolute atomic E-state index is 0.232. The van der Waals surface area contributed by atoms with E-state index >= 15 is 0 Å². The summed E-state index contributed by atoms with van der Waals surface area (Å²) in [4.78, 5) is 41.7. The van der Waals surface area contributed by atoms with Crippen LogP contribution in [0.1, 0.15) is 70.2 Å². The number of aryl methyl sites for hydroxylation is 3. The molecule has 2 amide bonds. The fourth-order valence-corrected chi connectivity index (χ4v) is 5.06. The SMILES string of the molecule is CN(C)CCOc1ccccc1CCc1cc(CCC(=O)OC(C)(C)C)cc(CCN2C(=O)c3ccccc3C2=O)c1. The maximum absolute atomic E-state index is 12.9. The van der Waals surface area contributed by atoms with Crippen molar-refractivity contribution in [3.63, 3.8) is 0 Å². The van der Waals surface area contributed by atoms with Gasteiger partial charge in [0, 0.05) is 19.5 Å². The Bertz CT molecular complexity index is 1390. The van der Waals surface area contributed by atoms with Crippen LogP contribution in [0.5, 0.6) is 5.75 Å². The number of ether oxygens (including phenoxy) is 2. The Morgan fingerprint density at radius 3 is 1.98 bits per heavy atom. The molecule has 7 heteroatoms. The first-order valence-electron chi connectivity index (χ1n) is 14.6. The second kappa shape index (κ2) is 13.8. The van der Waals surface area contributed by atoms with E-state index in [4.69, 9.17) is 9.47 Å². The Morgan fingerprint density at radius 1 is 0.786 bits per heavy atom. The highest BCUT2D eigenvalue weighted by Crippen LogP contribution is 2.25. The van der Waals surface area contributed by atoms with Gasteiger partial charge < -0.3 is 14.4 Å². The van der Waals surface area contributed by atoms with Crippen molar-refractivity contribution in [3.8, 4) is 5.75 Å². The van der Waals surface area contributed by atoms with Crippen molar-refractivity contribution in [2.75, 3.05) is 33.8 Å². The van der Waals surface area contributed by atoms with Crippen molar-refractivity contribution < 1.29 is 23.9 Å². The Labute approximate surface area is 249 Å². The van der Waals surface area contributed by atoms with E-state index < -0.39 is 5.60 Å². The third-order valence-corrected chi connectivity index (χ3v) is 7.10. The minimum Gasteiger partial charge on any atom is -0.492 e. The van der Waals surface area contributed by atoms with Gasteiger partial charge >= 0.3 is 5.97 Å². The number of fused-ring (bicyclic) bond motifs is 1. The van der Waals surface area contributed by atoms with Crippen LogP contribution in [-0.2, 0) is 35.2 Å². The van der Waals surface area contributed by atoms with Gasteiger partial charge in [-0.25, -0.2) is 0 Å². The normalized spacial score (nSPS) is 13.0. The molecule has 0 radical (unpaired) electrons. The Hall–Kier alpha value is -3.97. The van der Waals surface area contributed by atoms with Crippen LogP contribution in [0.15, 0.2) is 66.7 Å². The first-order chi connectivity index (χ1) is 20.0. The van der Waals surface area contributed by atoms with Crippen LogP contribution in [0.25, 0.3) is 0 Å². The molecule has 1 aliphatic heterocycles. The molecule has 4 rings (SSSR count). The lowest BCUT2D eigenvalue weighted by Gasteiger charge is -2.19. The predicted octanol–water partition coefficient (Wildman–Crippen LogP) is 5.53. The van der Waals surface area contributed by atoms with Gasteiger partial charge in [0.1, 0.15) is 18.0 Å². The van der Waals surface area contributed by atoms with Gasteiger partial charge in [0.05, 0.1) is 11.1 Å². The third-order valence-electron chi connectivity index (χ3n) is 7.10. The molecule has 42 heavy (non-hydrogen) atoms. The van der Waals surface area contributed by atoms with Crippen molar-refractivity contribution in [3.05, 3.63) is 100 Å². The second-order valence-corrected chi connectivity index (χ2v) is 12.1. The molecule has 3 aromatic rings. The summed E-state index contributed by atoms with van der Waals surface area (Å²) in [5, 5.41) is 0. The van der Waals surface area contributed by atoms with E-state index in [9.17, 15) is 14.4 Å². The Balaban J connectivity index is 1.49. The molecule has 0 saturated heterocycles. The van der Waals surface area contributed by atoms with E-state index in [-0.39, 0.29) is 24.2 Å². The monoisotopic (exact) mass is 570 g/mol. The molecule has 0 atom stereocenters. The van der Waals surface area contributed by atoms with E-state index in [1.54, 1.807) is 24.3 Å². The highest BCUT2D eigenvalue weighted by Gasteiger charge is 2.34. The highest BCUT2D eigenvalue weighted by atomic mass is 16.6. The van der Waals surface area contributed by atoms with E-state index in [1.807, 2.05) is 53.1 Å². The molecule has 0 unspecified atom stereocenters. The number of imide groups is 1. The topological polar surface area (TPSA) is 76.2 Å². The van der Waals surface area contributed by atoms with Gasteiger partial charge in [-0.2, -0.15) is 0 Å². The zero-order valence-corrected chi connectivity index (χ0v) is 25.4. The van der Waals surface area contributed by atoms with E-state index in [0.717, 1.165) is 47.4 Å². The van der Waals surface area contributed by atoms with Gasteiger partial charge in [-0.15, -0.1) is 0 Å². The molecule has 0 aromatic heterocycles. The maximum atomic E-state index is 12.9. The number of nitrogens with zero attached hydrogens (tertiary/aromatic N) is 2. The van der Waals surface area contributed by atoms with Gasteiger partial charge in [0.25, 0.3) is 11.8 Å². The predicted molar refractivity (Wildman–Crippen MR) is 164 cm³/mol. The van der Waals surface area contributed by atoms with E-state index in [0.29, 0.717) is 37.1 Å².